The fourth-order valence-electron chi connectivity index (χ4n) is 3.35. The molecule has 2 aromatic rings. The third kappa shape index (κ3) is 6.61. The number of aryl methyl sites for hydroxylation is 2. The molecule has 0 aliphatic rings. The summed E-state index contributed by atoms with van der Waals surface area (Å²) in [4.78, 5) is 27.3. The zero-order valence-corrected chi connectivity index (χ0v) is 19.0. The molecule has 1 N–H and O–H groups in total. The van der Waals surface area contributed by atoms with Crippen LogP contribution in [-0.2, 0) is 16.0 Å². The van der Waals surface area contributed by atoms with E-state index in [0.717, 1.165) is 22.3 Å². The van der Waals surface area contributed by atoms with Crippen LogP contribution in [0.3, 0.4) is 0 Å². The zero-order chi connectivity index (χ0) is 22.3. The van der Waals surface area contributed by atoms with Crippen LogP contribution in [0.2, 0.25) is 0 Å². The number of benzene rings is 2. The lowest BCUT2D eigenvalue weighted by molar-refractivity contribution is -0.141. The predicted molar refractivity (Wildman–Crippen MR) is 121 cm³/mol. The maximum Gasteiger partial charge on any atom is 0.261 e. The molecule has 2 aromatic carbocycles. The van der Waals surface area contributed by atoms with E-state index in [9.17, 15) is 9.59 Å². The Bertz CT molecular complexity index is 862. The molecule has 2 rings (SSSR count). The lowest BCUT2D eigenvalue weighted by Gasteiger charge is -2.29. The van der Waals surface area contributed by atoms with Gasteiger partial charge in [-0.25, -0.2) is 0 Å². The van der Waals surface area contributed by atoms with Gasteiger partial charge in [0.05, 0.1) is 0 Å². The molecular formula is C25H34N2O3. The van der Waals surface area contributed by atoms with Crippen LogP contribution in [0.15, 0.2) is 42.5 Å². The highest BCUT2D eigenvalue weighted by Gasteiger charge is 2.26. The standard InChI is InChI=1S/C25H34N2O3/c1-17(2)26-25(29)21(6)27(13-12-22-10-8-7-9-11-22)24(28)16-30-23-15-18(3)14-19(4)20(23)5/h7-11,14-15,17,21H,12-13,16H2,1-6H3,(H,26,29)/t21-/m0/s1. The molecule has 1 atom stereocenters. The summed E-state index contributed by atoms with van der Waals surface area (Å²) in [7, 11) is 0. The first-order chi connectivity index (χ1) is 14.2. The maximum absolute atomic E-state index is 13.1. The number of hydrogen-bond acceptors (Lipinski definition) is 3. The van der Waals surface area contributed by atoms with Crippen LogP contribution in [-0.4, -0.2) is 41.9 Å². The van der Waals surface area contributed by atoms with Gasteiger partial charge in [-0.1, -0.05) is 36.4 Å². The van der Waals surface area contributed by atoms with Gasteiger partial charge in [-0.05, 0) is 76.3 Å². The Morgan fingerprint density at radius 2 is 1.70 bits per heavy atom. The summed E-state index contributed by atoms with van der Waals surface area (Å²) in [6.07, 6.45) is 0.675. The molecular weight excluding hydrogens is 376 g/mol. The van der Waals surface area contributed by atoms with Crippen LogP contribution in [0, 0.1) is 20.8 Å². The molecule has 5 heteroatoms. The van der Waals surface area contributed by atoms with Crippen molar-refractivity contribution in [1.82, 2.24) is 10.2 Å². The summed E-state index contributed by atoms with van der Waals surface area (Å²) in [5, 5.41) is 2.90. The van der Waals surface area contributed by atoms with Gasteiger partial charge in [0.1, 0.15) is 11.8 Å². The summed E-state index contributed by atoms with van der Waals surface area (Å²) in [5.74, 6) is 0.355. The molecule has 0 fully saturated rings. The summed E-state index contributed by atoms with van der Waals surface area (Å²) < 4.78 is 5.88. The highest BCUT2D eigenvalue weighted by atomic mass is 16.5. The van der Waals surface area contributed by atoms with Crippen LogP contribution in [0.5, 0.6) is 5.75 Å². The normalized spacial score (nSPS) is 11.8. The fraction of sp³-hybridized carbons (Fsp3) is 0.440. The van der Waals surface area contributed by atoms with Crippen molar-refractivity contribution in [2.24, 2.45) is 0 Å². The summed E-state index contributed by atoms with van der Waals surface area (Å²) in [5.41, 5.74) is 4.36. The molecule has 0 radical (unpaired) electrons. The molecule has 0 heterocycles. The Hall–Kier alpha value is -2.82. The van der Waals surface area contributed by atoms with E-state index >= 15 is 0 Å². The molecule has 5 nitrogen and oxygen atoms in total. The topological polar surface area (TPSA) is 58.6 Å². The van der Waals surface area contributed by atoms with Gasteiger partial charge in [-0.15, -0.1) is 0 Å². The van der Waals surface area contributed by atoms with E-state index in [2.05, 4.69) is 11.4 Å². The first-order valence-electron chi connectivity index (χ1n) is 10.5. The average Bonchev–Trinajstić information content (AvgIpc) is 2.69. The van der Waals surface area contributed by atoms with E-state index in [-0.39, 0.29) is 24.5 Å². The molecule has 0 spiro atoms. The molecule has 0 aliphatic carbocycles. The van der Waals surface area contributed by atoms with E-state index in [1.165, 1.54) is 0 Å². The van der Waals surface area contributed by atoms with E-state index in [0.29, 0.717) is 18.7 Å². The lowest BCUT2D eigenvalue weighted by atomic mass is 10.1. The monoisotopic (exact) mass is 410 g/mol. The minimum atomic E-state index is -0.576. The van der Waals surface area contributed by atoms with Gasteiger partial charge < -0.3 is 15.0 Å². The lowest BCUT2D eigenvalue weighted by Crippen LogP contribution is -2.51. The van der Waals surface area contributed by atoms with Gasteiger partial charge in [0.25, 0.3) is 5.91 Å². The summed E-state index contributed by atoms with van der Waals surface area (Å²) in [6.45, 7) is 12.0. The molecule has 0 saturated carbocycles. The van der Waals surface area contributed by atoms with Crippen molar-refractivity contribution >= 4 is 11.8 Å². The molecule has 0 aliphatic heterocycles. The number of hydrogen-bond donors (Lipinski definition) is 1. The van der Waals surface area contributed by atoms with Crippen LogP contribution >= 0.6 is 0 Å². The van der Waals surface area contributed by atoms with E-state index < -0.39 is 6.04 Å². The second kappa shape index (κ2) is 10.8. The Morgan fingerprint density at radius 3 is 2.33 bits per heavy atom. The van der Waals surface area contributed by atoms with Crippen LogP contribution in [0.1, 0.15) is 43.0 Å². The van der Waals surface area contributed by atoms with E-state index in [1.807, 2.05) is 71.0 Å². The second-order valence-electron chi connectivity index (χ2n) is 8.16. The number of nitrogens with one attached hydrogen (secondary N) is 1. The molecule has 0 aromatic heterocycles. The van der Waals surface area contributed by atoms with Crippen molar-refractivity contribution < 1.29 is 14.3 Å². The highest BCUT2D eigenvalue weighted by Crippen LogP contribution is 2.23. The molecule has 0 unspecified atom stereocenters. The molecule has 162 valence electrons. The number of amides is 2. The van der Waals surface area contributed by atoms with Crippen LogP contribution in [0.25, 0.3) is 0 Å². The summed E-state index contributed by atoms with van der Waals surface area (Å²) >= 11 is 0. The zero-order valence-electron chi connectivity index (χ0n) is 19.0. The quantitative estimate of drug-likeness (QED) is 0.680. The Kier molecular flexibility index (Phi) is 8.46. The van der Waals surface area contributed by atoms with E-state index in [1.54, 1.807) is 11.8 Å². The van der Waals surface area contributed by atoms with Crippen LogP contribution < -0.4 is 10.1 Å². The minimum absolute atomic E-state index is 0.0141. The van der Waals surface area contributed by atoms with Crippen molar-refractivity contribution in [3.05, 3.63) is 64.7 Å². The SMILES string of the molecule is Cc1cc(C)c(C)c(OCC(=O)N(CCc2ccccc2)[C@@H](C)C(=O)NC(C)C)c1. The Labute approximate surface area is 180 Å². The van der Waals surface area contributed by atoms with Gasteiger partial charge in [0, 0.05) is 12.6 Å². The first-order valence-corrected chi connectivity index (χ1v) is 10.5. The third-order valence-electron chi connectivity index (χ3n) is 5.20. The number of nitrogens with zero attached hydrogens (tertiary/aromatic N) is 1. The Balaban J connectivity index is 2.13. The Morgan fingerprint density at radius 1 is 1.03 bits per heavy atom. The number of rotatable bonds is 9. The van der Waals surface area contributed by atoms with Gasteiger partial charge in [-0.3, -0.25) is 9.59 Å². The maximum atomic E-state index is 13.1. The number of carbonyl (C=O) groups is 2. The molecule has 0 bridgehead atoms. The summed E-state index contributed by atoms with van der Waals surface area (Å²) in [6, 6.07) is 13.4. The van der Waals surface area contributed by atoms with Crippen molar-refractivity contribution in [3.63, 3.8) is 0 Å². The van der Waals surface area contributed by atoms with Gasteiger partial charge >= 0.3 is 0 Å². The van der Waals surface area contributed by atoms with Crippen molar-refractivity contribution in [1.29, 1.82) is 0 Å². The third-order valence-corrected chi connectivity index (χ3v) is 5.20. The van der Waals surface area contributed by atoms with E-state index in [4.69, 9.17) is 4.74 Å². The fourth-order valence-corrected chi connectivity index (χ4v) is 3.35. The molecule has 2 amide bonds. The second-order valence-corrected chi connectivity index (χ2v) is 8.16. The van der Waals surface area contributed by atoms with Gasteiger partial charge in [-0.2, -0.15) is 0 Å². The van der Waals surface area contributed by atoms with Gasteiger partial charge in [0.2, 0.25) is 5.91 Å². The largest absolute Gasteiger partial charge is 0.483 e. The predicted octanol–water partition coefficient (Wildman–Crippen LogP) is 3.98. The number of carbonyl (C=O) groups excluding carboxylic acids is 2. The minimum Gasteiger partial charge on any atom is -0.483 e. The van der Waals surface area contributed by atoms with Crippen molar-refractivity contribution in [2.45, 2.75) is 60.0 Å². The number of ether oxygens (including phenoxy) is 1. The van der Waals surface area contributed by atoms with Crippen LogP contribution in [0.4, 0.5) is 0 Å². The molecule has 0 saturated heterocycles. The van der Waals surface area contributed by atoms with Crippen molar-refractivity contribution in [3.8, 4) is 5.75 Å². The molecule has 30 heavy (non-hydrogen) atoms. The highest BCUT2D eigenvalue weighted by molar-refractivity contribution is 5.88. The van der Waals surface area contributed by atoms with Gasteiger partial charge in [0.15, 0.2) is 6.61 Å². The van der Waals surface area contributed by atoms with Crippen molar-refractivity contribution in [2.75, 3.05) is 13.2 Å². The smallest absolute Gasteiger partial charge is 0.261 e. The first kappa shape index (κ1) is 23.5. The average molecular weight is 411 g/mol.